The number of hydrogen-bond acceptors (Lipinski definition) is 5. The Balaban J connectivity index is 1.83. The number of hydrogen-bond donors (Lipinski definition) is 3. The highest BCUT2D eigenvalue weighted by Crippen LogP contribution is 2.25. The second-order valence-electron chi connectivity index (χ2n) is 7.69. The number of amides is 2. The monoisotopic (exact) mass is 376 g/mol. The molecule has 0 radical (unpaired) electrons. The number of likely N-dealkylation sites (N-methyl/N-ethyl adjacent to an activating group) is 1. The van der Waals surface area contributed by atoms with Crippen molar-refractivity contribution in [2.75, 3.05) is 46.2 Å². The largest absolute Gasteiger partial charge is 0.391 e. The minimum absolute atomic E-state index is 0.0139. The fraction of sp³-hybridized carbons (Fsp3) is 0.600. The molecule has 150 valence electrons. The molecule has 1 aliphatic carbocycles. The Morgan fingerprint density at radius 1 is 1.11 bits per heavy atom. The van der Waals surface area contributed by atoms with Crippen LogP contribution in [-0.2, 0) is 4.79 Å². The summed E-state index contributed by atoms with van der Waals surface area (Å²) in [6.07, 6.45) is 0.913. The van der Waals surface area contributed by atoms with Crippen LogP contribution in [0.1, 0.15) is 29.6 Å². The van der Waals surface area contributed by atoms with E-state index in [0.29, 0.717) is 31.4 Å². The van der Waals surface area contributed by atoms with E-state index in [9.17, 15) is 14.7 Å². The van der Waals surface area contributed by atoms with Crippen molar-refractivity contribution in [2.24, 2.45) is 5.92 Å². The van der Waals surface area contributed by atoms with Gasteiger partial charge in [0.15, 0.2) is 0 Å². The van der Waals surface area contributed by atoms with Gasteiger partial charge in [0.2, 0.25) is 5.91 Å². The van der Waals surface area contributed by atoms with Crippen LogP contribution >= 0.6 is 0 Å². The van der Waals surface area contributed by atoms with Gasteiger partial charge in [0.25, 0.3) is 5.91 Å². The number of nitrogens with one attached hydrogen (secondary N) is 2. The van der Waals surface area contributed by atoms with E-state index in [1.54, 1.807) is 12.1 Å². The zero-order chi connectivity index (χ0) is 20.0. The first-order chi connectivity index (χ1) is 12.8. The smallest absolute Gasteiger partial charge is 0.251 e. The lowest BCUT2D eigenvalue weighted by molar-refractivity contribution is -0.127. The third-order valence-corrected chi connectivity index (χ3v) is 5.01. The zero-order valence-electron chi connectivity index (χ0n) is 16.7. The lowest BCUT2D eigenvalue weighted by Gasteiger charge is -2.33. The van der Waals surface area contributed by atoms with Crippen LogP contribution in [0.25, 0.3) is 0 Å². The zero-order valence-corrected chi connectivity index (χ0v) is 16.7. The lowest BCUT2D eigenvalue weighted by atomic mass is 9.83. The van der Waals surface area contributed by atoms with E-state index in [0.717, 1.165) is 12.2 Å². The molecule has 0 aromatic heterocycles. The minimum Gasteiger partial charge on any atom is -0.391 e. The Labute approximate surface area is 161 Å². The van der Waals surface area contributed by atoms with Crippen molar-refractivity contribution in [3.05, 3.63) is 29.8 Å². The summed E-state index contributed by atoms with van der Waals surface area (Å²) in [6, 6.07) is 7.01. The van der Waals surface area contributed by atoms with Gasteiger partial charge in [-0.2, -0.15) is 0 Å². The molecule has 2 amide bonds. The van der Waals surface area contributed by atoms with E-state index in [1.165, 1.54) is 0 Å². The number of nitrogens with zero attached hydrogens (tertiary/aromatic N) is 2. The van der Waals surface area contributed by atoms with E-state index in [4.69, 9.17) is 0 Å². The molecule has 1 aliphatic rings. The fourth-order valence-corrected chi connectivity index (χ4v) is 3.26. The maximum Gasteiger partial charge on any atom is 0.251 e. The number of benzene rings is 1. The highest BCUT2D eigenvalue weighted by Gasteiger charge is 2.33. The van der Waals surface area contributed by atoms with Crippen molar-refractivity contribution in [3.63, 3.8) is 0 Å². The topological polar surface area (TPSA) is 84.9 Å². The molecule has 0 bridgehead atoms. The molecular formula is C20H32N4O3. The number of aliphatic hydroxyl groups excluding tert-OH is 1. The summed E-state index contributed by atoms with van der Waals surface area (Å²) < 4.78 is 0. The van der Waals surface area contributed by atoms with Crippen LogP contribution in [0.5, 0.6) is 0 Å². The summed E-state index contributed by atoms with van der Waals surface area (Å²) in [4.78, 5) is 28.6. The van der Waals surface area contributed by atoms with Gasteiger partial charge in [0.1, 0.15) is 0 Å². The standard InChI is InChI=1S/C20H32N4O3/c1-23(2)12-11-21-19(26)15-7-10-17(18(25)13-15)22-20(27)14-5-8-16(9-6-14)24(3)4/h5-6,8-9,15,17-18,25H,7,10-13H2,1-4H3,(H,21,26)(H,22,27)/t15-,17-,18-/m0/s1. The van der Waals surface area contributed by atoms with Crippen LogP contribution in [0.4, 0.5) is 5.69 Å². The normalized spacial score (nSPS) is 22.4. The van der Waals surface area contributed by atoms with E-state index in [-0.39, 0.29) is 23.8 Å². The van der Waals surface area contributed by atoms with Gasteiger partial charge in [-0.3, -0.25) is 9.59 Å². The molecule has 1 aromatic rings. The third kappa shape index (κ3) is 6.22. The average molecular weight is 377 g/mol. The number of carbonyl (C=O) groups excluding carboxylic acids is 2. The van der Waals surface area contributed by atoms with Gasteiger partial charge in [-0.1, -0.05) is 0 Å². The molecule has 0 unspecified atom stereocenters. The first-order valence-corrected chi connectivity index (χ1v) is 9.46. The molecule has 0 spiro atoms. The van der Waals surface area contributed by atoms with Crippen molar-refractivity contribution in [1.82, 2.24) is 15.5 Å². The summed E-state index contributed by atoms with van der Waals surface area (Å²) in [5, 5.41) is 16.2. The van der Waals surface area contributed by atoms with Gasteiger partial charge < -0.3 is 25.5 Å². The number of anilines is 1. The van der Waals surface area contributed by atoms with Crippen LogP contribution < -0.4 is 15.5 Å². The van der Waals surface area contributed by atoms with Gasteiger partial charge in [-0.05, 0) is 57.6 Å². The van der Waals surface area contributed by atoms with E-state index in [1.807, 2.05) is 50.1 Å². The molecule has 3 N–H and O–H groups in total. The van der Waals surface area contributed by atoms with E-state index >= 15 is 0 Å². The second-order valence-corrected chi connectivity index (χ2v) is 7.69. The molecule has 0 aliphatic heterocycles. The van der Waals surface area contributed by atoms with Crippen molar-refractivity contribution in [2.45, 2.75) is 31.4 Å². The van der Waals surface area contributed by atoms with Crippen molar-refractivity contribution in [1.29, 1.82) is 0 Å². The molecule has 0 heterocycles. The Morgan fingerprint density at radius 2 is 1.78 bits per heavy atom. The molecule has 2 rings (SSSR count). The van der Waals surface area contributed by atoms with E-state index < -0.39 is 6.10 Å². The first-order valence-electron chi connectivity index (χ1n) is 9.46. The summed E-state index contributed by atoms with van der Waals surface area (Å²) in [5.41, 5.74) is 1.59. The molecule has 1 aromatic carbocycles. The quantitative estimate of drug-likeness (QED) is 0.652. The van der Waals surface area contributed by atoms with Gasteiger partial charge in [0.05, 0.1) is 12.1 Å². The van der Waals surface area contributed by atoms with Gasteiger partial charge in [0, 0.05) is 44.4 Å². The first kappa shape index (κ1) is 21.2. The lowest BCUT2D eigenvalue weighted by Crippen LogP contribution is -2.49. The van der Waals surface area contributed by atoms with Crippen molar-refractivity contribution < 1.29 is 14.7 Å². The Bertz CT molecular complexity index is 631. The summed E-state index contributed by atoms with van der Waals surface area (Å²) in [5.74, 6) is -0.409. The molecule has 7 nitrogen and oxygen atoms in total. The SMILES string of the molecule is CN(C)CCNC(=O)[C@H]1CC[C@H](NC(=O)c2ccc(N(C)C)cc2)[C@@H](O)C1. The Kier molecular flexibility index (Phi) is 7.62. The summed E-state index contributed by atoms with van der Waals surface area (Å²) >= 11 is 0. The molecule has 27 heavy (non-hydrogen) atoms. The summed E-state index contributed by atoms with van der Waals surface area (Å²) in [6.45, 7) is 1.38. The molecule has 1 saturated carbocycles. The number of rotatable bonds is 7. The number of aliphatic hydroxyl groups is 1. The summed E-state index contributed by atoms with van der Waals surface area (Å²) in [7, 11) is 7.80. The number of carbonyl (C=O) groups is 2. The Hall–Kier alpha value is -2.12. The highest BCUT2D eigenvalue weighted by molar-refractivity contribution is 5.94. The highest BCUT2D eigenvalue weighted by atomic mass is 16.3. The molecule has 1 fully saturated rings. The van der Waals surface area contributed by atoms with Crippen LogP contribution in [-0.4, -0.2) is 75.2 Å². The average Bonchev–Trinajstić information content (AvgIpc) is 2.63. The van der Waals surface area contributed by atoms with Crippen molar-refractivity contribution in [3.8, 4) is 0 Å². The second kappa shape index (κ2) is 9.71. The Morgan fingerprint density at radius 3 is 2.33 bits per heavy atom. The fourth-order valence-electron chi connectivity index (χ4n) is 3.26. The maximum atomic E-state index is 12.4. The molecule has 3 atom stereocenters. The predicted molar refractivity (Wildman–Crippen MR) is 107 cm³/mol. The third-order valence-electron chi connectivity index (χ3n) is 5.01. The van der Waals surface area contributed by atoms with Gasteiger partial charge >= 0.3 is 0 Å². The maximum absolute atomic E-state index is 12.4. The predicted octanol–water partition coefficient (Wildman–Crippen LogP) is 0.690. The van der Waals surface area contributed by atoms with Crippen LogP contribution in [0, 0.1) is 5.92 Å². The molecular weight excluding hydrogens is 344 g/mol. The van der Waals surface area contributed by atoms with Crippen LogP contribution in [0.3, 0.4) is 0 Å². The van der Waals surface area contributed by atoms with Crippen molar-refractivity contribution >= 4 is 17.5 Å². The van der Waals surface area contributed by atoms with E-state index in [2.05, 4.69) is 10.6 Å². The minimum atomic E-state index is -0.714. The van der Waals surface area contributed by atoms with Gasteiger partial charge in [-0.15, -0.1) is 0 Å². The molecule has 0 saturated heterocycles. The molecule has 7 heteroatoms. The van der Waals surface area contributed by atoms with Crippen LogP contribution in [0.15, 0.2) is 24.3 Å². The van der Waals surface area contributed by atoms with Gasteiger partial charge in [-0.25, -0.2) is 0 Å². The van der Waals surface area contributed by atoms with Crippen LogP contribution in [0.2, 0.25) is 0 Å².